The van der Waals surface area contributed by atoms with Gasteiger partial charge in [-0.1, -0.05) is 72.4 Å². The Bertz CT molecular complexity index is 1530. The average molecular weight is 470 g/mol. The molecule has 0 fully saturated rings. The third-order valence-electron chi connectivity index (χ3n) is 5.76. The number of fused-ring (bicyclic) bond motifs is 2. The van der Waals surface area contributed by atoms with Gasteiger partial charge in [-0.2, -0.15) is 0 Å². The number of rotatable bonds is 8. The van der Waals surface area contributed by atoms with E-state index in [-0.39, 0.29) is 11.3 Å². The number of para-hydroxylation sites is 2. The molecule has 170 valence electrons. The number of carbonyl (C=O) groups excluding carboxylic acids is 1. The molecule has 0 saturated heterocycles. The molecular formula is C27H23N3O3S. The maximum absolute atomic E-state index is 13.9. The van der Waals surface area contributed by atoms with Crippen molar-refractivity contribution < 1.29 is 9.53 Å². The van der Waals surface area contributed by atoms with Crippen LogP contribution in [0.15, 0.2) is 95.0 Å². The Balaban J connectivity index is 1.64. The lowest BCUT2D eigenvalue weighted by molar-refractivity contribution is 0.0991. The number of methoxy groups -OCH3 is 1. The van der Waals surface area contributed by atoms with Crippen LogP contribution in [0.25, 0.3) is 21.8 Å². The molecule has 1 unspecified atom stereocenters. The lowest BCUT2D eigenvalue weighted by atomic mass is 10.0. The Morgan fingerprint density at radius 1 is 1.00 bits per heavy atom. The minimum atomic E-state index is -0.581. The topological polar surface area (TPSA) is 77.0 Å². The van der Waals surface area contributed by atoms with E-state index in [0.717, 1.165) is 16.5 Å². The molecule has 0 radical (unpaired) electrons. The summed E-state index contributed by atoms with van der Waals surface area (Å²) in [6, 6.07) is 24.6. The number of hydrogen-bond donors (Lipinski definition) is 1. The fraction of sp³-hybridized carbons (Fsp3) is 0.148. The summed E-state index contributed by atoms with van der Waals surface area (Å²) < 4.78 is 6.85. The van der Waals surface area contributed by atoms with Gasteiger partial charge >= 0.3 is 0 Å². The predicted molar refractivity (Wildman–Crippen MR) is 136 cm³/mol. The molecule has 34 heavy (non-hydrogen) atoms. The van der Waals surface area contributed by atoms with Crippen LogP contribution in [0.5, 0.6) is 0 Å². The molecule has 5 aromatic rings. The Labute approximate surface area is 200 Å². The van der Waals surface area contributed by atoms with Crippen molar-refractivity contribution in [2.24, 2.45) is 0 Å². The van der Waals surface area contributed by atoms with Gasteiger partial charge in [0.15, 0.2) is 10.9 Å². The van der Waals surface area contributed by atoms with Gasteiger partial charge in [-0.3, -0.25) is 14.2 Å². The second-order valence-corrected chi connectivity index (χ2v) is 8.95. The highest BCUT2D eigenvalue weighted by molar-refractivity contribution is 8.00. The first-order chi connectivity index (χ1) is 16.7. The first-order valence-corrected chi connectivity index (χ1v) is 11.9. The number of aromatic nitrogens is 3. The molecule has 2 heterocycles. The molecular weight excluding hydrogens is 446 g/mol. The molecule has 7 heteroatoms. The number of hydrogen-bond acceptors (Lipinski definition) is 5. The number of ether oxygens (including phenoxy) is 1. The number of Topliss-reactive ketones (excluding diaryl/α,β-unsaturated/α-hetero) is 1. The van der Waals surface area contributed by atoms with Gasteiger partial charge in [-0.15, -0.1) is 0 Å². The molecule has 0 amide bonds. The first-order valence-electron chi connectivity index (χ1n) is 11.0. The summed E-state index contributed by atoms with van der Waals surface area (Å²) in [6.07, 6.45) is 1.76. The quantitative estimate of drug-likeness (QED) is 0.191. The fourth-order valence-electron chi connectivity index (χ4n) is 4.04. The zero-order valence-electron chi connectivity index (χ0n) is 18.6. The van der Waals surface area contributed by atoms with Crippen molar-refractivity contribution in [1.29, 1.82) is 0 Å². The standard InChI is InChI=1S/C27H23N3O3S/c1-33-16-15-30-26(32)20-12-6-8-14-23(20)29-27(30)34-25(18-9-3-2-4-10-18)24(31)21-17-28-22-13-7-5-11-19(21)22/h2-14,17,25,28H,15-16H2,1H3. The number of ketones is 1. The third-order valence-corrected chi connectivity index (χ3v) is 7.01. The van der Waals surface area contributed by atoms with Gasteiger partial charge in [-0.05, 0) is 23.8 Å². The Kier molecular flexibility index (Phi) is 6.29. The summed E-state index contributed by atoms with van der Waals surface area (Å²) in [5.41, 5.74) is 2.84. The van der Waals surface area contributed by atoms with E-state index < -0.39 is 5.25 Å². The molecule has 0 aliphatic carbocycles. The van der Waals surface area contributed by atoms with E-state index in [2.05, 4.69) is 4.98 Å². The van der Waals surface area contributed by atoms with Crippen molar-refractivity contribution >= 4 is 39.4 Å². The molecule has 2 aromatic heterocycles. The lowest BCUT2D eigenvalue weighted by Gasteiger charge is -2.19. The van der Waals surface area contributed by atoms with E-state index in [1.165, 1.54) is 11.8 Å². The maximum Gasteiger partial charge on any atom is 0.262 e. The Hall–Kier alpha value is -3.68. The zero-order valence-corrected chi connectivity index (χ0v) is 19.4. The van der Waals surface area contributed by atoms with Crippen molar-refractivity contribution in [3.05, 3.63) is 107 Å². The van der Waals surface area contributed by atoms with Crippen molar-refractivity contribution in [3.63, 3.8) is 0 Å². The minimum absolute atomic E-state index is 0.0469. The largest absolute Gasteiger partial charge is 0.383 e. The monoisotopic (exact) mass is 469 g/mol. The molecule has 0 bridgehead atoms. The maximum atomic E-state index is 13.9. The number of carbonyl (C=O) groups is 1. The average Bonchev–Trinajstić information content (AvgIpc) is 3.31. The smallest absolute Gasteiger partial charge is 0.262 e. The number of benzene rings is 3. The van der Waals surface area contributed by atoms with Crippen LogP contribution in [0.1, 0.15) is 21.2 Å². The van der Waals surface area contributed by atoms with Crippen LogP contribution >= 0.6 is 11.8 Å². The number of H-pyrrole nitrogens is 1. The van der Waals surface area contributed by atoms with Gasteiger partial charge in [0.05, 0.1) is 24.1 Å². The second kappa shape index (κ2) is 9.67. The predicted octanol–water partition coefficient (Wildman–Crippen LogP) is 5.24. The van der Waals surface area contributed by atoms with E-state index in [0.29, 0.717) is 34.8 Å². The molecule has 0 saturated carbocycles. The second-order valence-electron chi connectivity index (χ2n) is 7.88. The van der Waals surface area contributed by atoms with Crippen LogP contribution in [0.4, 0.5) is 0 Å². The molecule has 0 spiro atoms. The lowest BCUT2D eigenvalue weighted by Crippen LogP contribution is -2.26. The minimum Gasteiger partial charge on any atom is -0.383 e. The summed E-state index contributed by atoms with van der Waals surface area (Å²) in [7, 11) is 1.60. The van der Waals surface area contributed by atoms with Crippen LogP contribution in [-0.2, 0) is 11.3 Å². The molecule has 3 aromatic carbocycles. The van der Waals surface area contributed by atoms with Gasteiger partial charge in [0.25, 0.3) is 5.56 Å². The highest BCUT2D eigenvalue weighted by atomic mass is 32.2. The van der Waals surface area contributed by atoms with Crippen molar-refractivity contribution in [3.8, 4) is 0 Å². The molecule has 0 aliphatic rings. The number of thioether (sulfide) groups is 1. The zero-order chi connectivity index (χ0) is 23.5. The van der Waals surface area contributed by atoms with E-state index in [4.69, 9.17) is 9.72 Å². The SMILES string of the molecule is COCCn1c(SC(C(=O)c2c[nH]c3ccccc23)c2ccccc2)nc2ccccc2c1=O. The van der Waals surface area contributed by atoms with Crippen molar-refractivity contribution in [2.45, 2.75) is 17.0 Å². The molecule has 6 nitrogen and oxygen atoms in total. The van der Waals surface area contributed by atoms with Gasteiger partial charge in [0.2, 0.25) is 0 Å². The molecule has 1 atom stereocenters. The van der Waals surface area contributed by atoms with E-state index in [1.807, 2.05) is 72.8 Å². The van der Waals surface area contributed by atoms with E-state index in [9.17, 15) is 9.59 Å². The summed E-state index contributed by atoms with van der Waals surface area (Å²) in [6.45, 7) is 0.707. The summed E-state index contributed by atoms with van der Waals surface area (Å²) >= 11 is 1.30. The highest BCUT2D eigenvalue weighted by Gasteiger charge is 2.28. The number of nitrogens with zero attached hydrogens (tertiary/aromatic N) is 2. The van der Waals surface area contributed by atoms with Crippen molar-refractivity contribution in [1.82, 2.24) is 14.5 Å². The normalized spacial score (nSPS) is 12.3. The van der Waals surface area contributed by atoms with Crippen LogP contribution in [0.3, 0.4) is 0 Å². The Morgan fingerprint density at radius 2 is 1.71 bits per heavy atom. The van der Waals surface area contributed by atoms with E-state index >= 15 is 0 Å². The Morgan fingerprint density at radius 3 is 2.50 bits per heavy atom. The van der Waals surface area contributed by atoms with E-state index in [1.54, 1.807) is 23.9 Å². The fourth-order valence-corrected chi connectivity index (χ4v) is 5.23. The highest BCUT2D eigenvalue weighted by Crippen LogP contribution is 2.38. The summed E-state index contributed by atoms with van der Waals surface area (Å²) in [5.74, 6) is -0.0469. The van der Waals surface area contributed by atoms with Gasteiger partial charge in [0, 0.05) is 29.8 Å². The first kappa shape index (κ1) is 22.1. The van der Waals surface area contributed by atoms with Crippen LogP contribution in [0.2, 0.25) is 0 Å². The van der Waals surface area contributed by atoms with Crippen LogP contribution in [-0.4, -0.2) is 34.0 Å². The third kappa shape index (κ3) is 4.16. The molecule has 1 N–H and O–H groups in total. The summed E-state index contributed by atoms with van der Waals surface area (Å²) in [4.78, 5) is 35.2. The van der Waals surface area contributed by atoms with Gasteiger partial charge in [-0.25, -0.2) is 4.98 Å². The molecule has 5 rings (SSSR count). The van der Waals surface area contributed by atoms with Crippen LogP contribution < -0.4 is 5.56 Å². The number of aromatic amines is 1. The number of nitrogens with one attached hydrogen (secondary N) is 1. The van der Waals surface area contributed by atoms with Gasteiger partial charge in [0.1, 0.15) is 5.25 Å². The summed E-state index contributed by atoms with van der Waals surface area (Å²) in [5, 5.41) is 1.32. The van der Waals surface area contributed by atoms with Gasteiger partial charge < -0.3 is 9.72 Å². The van der Waals surface area contributed by atoms with Crippen molar-refractivity contribution in [2.75, 3.05) is 13.7 Å². The molecule has 0 aliphatic heterocycles. The van der Waals surface area contributed by atoms with Crippen LogP contribution in [0, 0.1) is 0 Å².